The molecule has 0 saturated carbocycles. The molecule has 0 spiro atoms. The molecule has 0 fully saturated rings. The lowest BCUT2D eigenvalue weighted by Gasteiger charge is -2.23. The van der Waals surface area contributed by atoms with Crippen molar-refractivity contribution in [1.82, 2.24) is 4.72 Å². The molecule has 1 aromatic carbocycles. The number of nitrogens with one attached hydrogen (secondary N) is 1. The van der Waals surface area contributed by atoms with Gasteiger partial charge in [-0.05, 0) is 26.0 Å². The molecule has 0 heterocycles. The fourth-order valence-electron chi connectivity index (χ4n) is 1.21. The van der Waals surface area contributed by atoms with E-state index >= 15 is 0 Å². The minimum Gasteiger partial charge on any atom is -0.329 e. The van der Waals surface area contributed by atoms with Gasteiger partial charge >= 0.3 is 0 Å². The number of benzene rings is 1. The van der Waals surface area contributed by atoms with Crippen LogP contribution in [0.4, 0.5) is 5.69 Å². The van der Waals surface area contributed by atoms with Crippen LogP contribution >= 0.6 is 0 Å². The lowest BCUT2D eigenvalue weighted by molar-refractivity contribution is -0.384. The van der Waals surface area contributed by atoms with Crippen molar-refractivity contribution < 1.29 is 13.3 Å². The SMILES string of the molecule is CC(C)(CN)NS(=O)(=O)c1ccc([N+](=O)[O-])cc1. The van der Waals surface area contributed by atoms with Gasteiger partial charge in [0.05, 0.1) is 9.82 Å². The summed E-state index contributed by atoms with van der Waals surface area (Å²) in [4.78, 5) is 9.84. The highest BCUT2D eigenvalue weighted by atomic mass is 32.2. The minimum atomic E-state index is -3.73. The standard InChI is InChI=1S/C10H15N3O4S/c1-10(2,7-11)12-18(16,17)9-5-3-8(4-6-9)13(14)15/h3-6,12H,7,11H2,1-2H3. The molecular weight excluding hydrogens is 258 g/mol. The van der Waals surface area contributed by atoms with Crippen LogP contribution in [0.2, 0.25) is 0 Å². The van der Waals surface area contributed by atoms with Gasteiger partial charge in [0.2, 0.25) is 10.0 Å². The largest absolute Gasteiger partial charge is 0.329 e. The molecule has 7 nitrogen and oxygen atoms in total. The second-order valence-electron chi connectivity index (χ2n) is 4.44. The van der Waals surface area contributed by atoms with Gasteiger partial charge in [-0.25, -0.2) is 13.1 Å². The maximum absolute atomic E-state index is 12.0. The van der Waals surface area contributed by atoms with Gasteiger partial charge < -0.3 is 5.73 Å². The van der Waals surface area contributed by atoms with E-state index in [0.717, 1.165) is 12.1 Å². The number of hydrogen-bond acceptors (Lipinski definition) is 5. The zero-order valence-corrected chi connectivity index (χ0v) is 10.9. The van der Waals surface area contributed by atoms with Crippen molar-refractivity contribution in [2.45, 2.75) is 24.3 Å². The Labute approximate surface area is 105 Å². The molecule has 8 heteroatoms. The molecule has 0 saturated heterocycles. The van der Waals surface area contributed by atoms with Gasteiger partial charge in [0, 0.05) is 24.2 Å². The van der Waals surface area contributed by atoms with Gasteiger partial charge in [-0.15, -0.1) is 0 Å². The van der Waals surface area contributed by atoms with Crippen molar-refractivity contribution in [2.75, 3.05) is 6.54 Å². The smallest absolute Gasteiger partial charge is 0.269 e. The van der Waals surface area contributed by atoms with Crippen LogP contribution in [0.3, 0.4) is 0 Å². The summed E-state index contributed by atoms with van der Waals surface area (Å²) >= 11 is 0. The summed E-state index contributed by atoms with van der Waals surface area (Å²) < 4.78 is 26.3. The first kappa shape index (κ1) is 14.6. The highest BCUT2D eigenvalue weighted by Crippen LogP contribution is 2.17. The molecule has 0 unspecified atom stereocenters. The molecule has 1 rings (SSSR count). The maximum atomic E-state index is 12.0. The van der Waals surface area contributed by atoms with Crippen LogP contribution in [0.15, 0.2) is 29.2 Å². The predicted molar refractivity (Wildman–Crippen MR) is 66.6 cm³/mol. The number of nitro benzene ring substituents is 1. The quantitative estimate of drug-likeness (QED) is 0.602. The Morgan fingerprint density at radius 1 is 1.33 bits per heavy atom. The zero-order chi connectivity index (χ0) is 14.0. The van der Waals surface area contributed by atoms with E-state index in [1.54, 1.807) is 13.8 Å². The number of sulfonamides is 1. The summed E-state index contributed by atoms with van der Waals surface area (Å²) in [5.41, 5.74) is 4.50. The van der Waals surface area contributed by atoms with Crippen LogP contribution in [0.25, 0.3) is 0 Å². The number of nitrogens with zero attached hydrogens (tertiary/aromatic N) is 1. The lowest BCUT2D eigenvalue weighted by Crippen LogP contribution is -2.48. The Hall–Kier alpha value is -1.51. The third-order valence-electron chi connectivity index (χ3n) is 2.28. The Balaban J connectivity index is 3.03. The Bertz CT molecular complexity index is 537. The van der Waals surface area contributed by atoms with Gasteiger partial charge in [0.1, 0.15) is 0 Å². The van der Waals surface area contributed by atoms with Crippen LogP contribution in [-0.2, 0) is 10.0 Å². The fraction of sp³-hybridized carbons (Fsp3) is 0.400. The molecule has 0 atom stereocenters. The van der Waals surface area contributed by atoms with E-state index < -0.39 is 20.5 Å². The topological polar surface area (TPSA) is 115 Å². The first-order valence-corrected chi connectivity index (χ1v) is 6.65. The molecular formula is C10H15N3O4S. The summed E-state index contributed by atoms with van der Waals surface area (Å²) in [7, 11) is -3.73. The average molecular weight is 273 g/mol. The van der Waals surface area contributed by atoms with Gasteiger partial charge in [0.15, 0.2) is 0 Å². The first-order valence-electron chi connectivity index (χ1n) is 5.16. The van der Waals surface area contributed by atoms with E-state index in [4.69, 9.17) is 5.73 Å². The van der Waals surface area contributed by atoms with E-state index in [1.807, 2.05) is 0 Å². The maximum Gasteiger partial charge on any atom is 0.269 e. The monoisotopic (exact) mass is 273 g/mol. The molecule has 0 radical (unpaired) electrons. The van der Waals surface area contributed by atoms with E-state index in [2.05, 4.69) is 4.72 Å². The Morgan fingerprint density at radius 2 is 1.83 bits per heavy atom. The van der Waals surface area contributed by atoms with Crippen molar-refractivity contribution in [3.63, 3.8) is 0 Å². The summed E-state index contributed by atoms with van der Waals surface area (Å²) in [5.74, 6) is 0. The van der Waals surface area contributed by atoms with Crippen LogP contribution in [0.5, 0.6) is 0 Å². The third kappa shape index (κ3) is 3.49. The second-order valence-corrected chi connectivity index (χ2v) is 6.13. The Morgan fingerprint density at radius 3 is 2.22 bits per heavy atom. The third-order valence-corrected chi connectivity index (χ3v) is 3.99. The number of hydrogen-bond donors (Lipinski definition) is 2. The van der Waals surface area contributed by atoms with Gasteiger partial charge in [0.25, 0.3) is 5.69 Å². The average Bonchev–Trinajstić information content (AvgIpc) is 2.28. The Kier molecular flexibility index (Phi) is 4.05. The van der Waals surface area contributed by atoms with Gasteiger partial charge in [-0.2, -0.15) is 0 Å². The highest BCUT2D eigenvalue weighted by Gasteiger charge is 2.25. The molecule has 3 N–H and O–H groups in total. The van der Waals surface area contributed by atoms with Crippen molar-refractivity contribution in [2.24, 2.45) is 5.73 Å². The summed E-state index contributed by atoms with van der Waals surface area (Å²) in [6.07, 6.45) is 0. The molecule has 0 aliphatic rings. The molecule has 1 aromatic rings. The number of nitro groups is 1. The molecule has 100 valence electrons. The van der Waals surface area contributed by atoms with Crippen LogP contribution < -0.4 is 10.5 Å². The lowest BCUT2D eigenvalue weighted by atomic mass is 10.1. The van der Waals surface area contributed by atoms with Crippen molar-refractivity contribution in [3.8, 4) is 0 Å². The molecule has 0 amide bonds. The van der Waals surface area contributed by atoms with Crippen molar-refractivity contribution in [3.05, 3.63) is 34.4 Å². The van der Waals surface area contributed by atoms with Crippen LogP contribution in [-0.4, -0.2) is 25.4 Å². The number of nitrogens with two attached hydrogens (primary N) is 1. The van der Waals surface area contributed by atoms with Crippen LogP contribution in [0.1, 0.15) is 13.8 Å². The highest BCUT2D eigenvalue weighted by molar-refractivity contribution is 7.89. The number of rotatable bonds is 5. The number of non-ortho nitro benzene ring substituents is 1. The first-order chi connectivity index (χ1) is 8.18. The summed E-state index contributed by atoms with van der Waals surface area (Å²) in [6.45, 7) is 3.44. The molecule has 0 bridgehead atoms. The van der Waals surface area contributed by atoms with Crippen LogP contribution in [0, 0.1) is 10.1 Å². The van der Waals surface area contributed by atoms with E-state index in [-0.39, 0.29) is 17.1 Å². The normalized spacial score (nSPS) is 12.4. The molecule has 0 aliphatic heterocycles. The minimum absolute atomic E-state index is 0.0328. The van der Waals surface area contributed by atoms with Gasteiger partial charge in [-0.1, -0.05) is 0 Å². The second kappa shape index (κ2) is 5.01. The molecule has 0 aliphatic carbocycles. The predicted octanol–water partition coefficient (Wildman–Crippen LogP) is 0.610. The molecule has 18 heavy (non-hydrogen) atoms. The van der Waals surface area contributed by atoms with Crippen molar-refractivity contribution in [1.29, 1.82) is 0 Å². The van der Waals surface area contributed by atoms with E-state index in [1.165, 1.54) is 12.1 Å². The van der Waals surface area contributed by atoms with E-state index in [9.17, 15) is 18.5 Å². The summed E-state index contributed by atoms with van der Waals surface area (Å²) in [5, 5.41) is 10.5. The zero-order valence-electron chi connectivity index (χ0n) is 10.1. The fourth-order valence-corrected chi connectivity index (χ4v) is 2.63. The van der Waals surface area contributed by atoms with E-state index in [0.29, 0.717) is 0 Å². The van der Waals surface area contributed by atoms with Crippen molar-refractivity contribution >= 4 is 15.7 Å². The summed E-state index contributed by atoms with van der Waals surface area (Å²) in [6, 6.07) is 4.66. The van der Waals surface area contributed by atoms with Gasteiger partial charge in [-0.3, -0.25) is 10.1 Å². The molecule has 0 aromatic heterocycles.